The van der Waals surface area contributed by atoms with Crippen molar-refractivity contribution in [3.8, 4) is 11.5 Å². The zero-order valence-electron chi connectivity index (χ0n) is 13.1. The van der Waals surface area contributed by atoms with Gasteiger partial charge in [-0.15, -0.1) is 0 Å². The van der Waals surface area contributed by atoms with Crippen molar-refractivity contribution in [1.82, 2.24) is 15.2 Å². The van der Waals surface area contributed by atoms with Crippen LogP contribution in [0.3, 0.4) is 0 Å². The Morgan fingerprint density at radius 1 is 1.08 bits per heavy atom. The summed E-state index contributed by atoms with van der Waals surface area (Å²) in [5, 5.41) is 6.90. The third-order valence-electron chi connectivity index (χ3n) is 3.49. The number of aromatic amines is 1. The molecule has 0 saturated heterocycles. The van der Waals surface area contributed by atoms with Crippen LogP contribution in [0.4, 0.5) is 4.39 Å². The molecule has 2 aromatic carbocycles. The summed E-state index contributed by atoms with van der Waals surface area (Å²) >= 11 is 0. The number of hydrogen-bond donors (Lipinski definition) is 2. The Labute approximate surface area is 138 Å². The zero-order valence-corrected chi connectivity index (χ0v) is 13.1. The minimum Gasteiger partial charge on any atom is -0.497 e. The van der Waals surface area contributed by atoms with E-state index >= 15 is 0 Å². The predicted octanol–water partition coefficient (Wildman–Crippen LogP) is 2.58. The van der Waals surface area contributed by atoms with Crippen molar-refractivity contribution in [2.75, 3.05) is 7.11 Å². The molecule has 1 aromatic heterocycles. The lowest BCUT2D eigenvalue weighted by molar-refractivity contribution is 0.295. The molecule has 1 heterocycles. The highest BCUT2D eigenvalue weighted by Gasteiger charge is 2.14. The molecule has 24 heavy (non-hydrogen) atoms. The Hall–Kier alpha value is -2.93. The lowest BCUT2D eigenvalue weighted by Crippen LogP contribution is -2.13. The van der Waals surface area contributed by atoms with Gasteiger partial charge in [-0.3, -0.25) is 5.10 Å². The molecule has 0 spiro atoms. The van der Waals surface area contributed by atoms with Gasteiger partial charge in [0, 0.05) is 0 Å². The number of nitrogens with two attached hydrogens (primary N) is 1. The summed E-state index contributed by atoms with van der Waals surface area (Å²) < 4.78 is 23.7. The molecule has 0 radical (unpaired) electrons. The third kappa shape index (κ3) is 3.69. The maximum atomic E-state index is 13.0. The molecular formula is C17H17FN4O2. The smallest absolute Gasteiger partial charge is 0.172 e. The summed E-state index contributed by atoms with van der Waals surface area (Å²) in [6.45, 7) is 0.232. The first-order chi connectivity index (χ1) is 11.7. The molecule has 0 bridgehead atoms. The maximum absolute atomic E-state index is 13.0. The molecule has 0 aliphatic heterocycles. The van der Waals surface area contributed by atoms with Crippen LogP contribution < -0.4 is 15.2 Å². The van der Waals surface area contributed by atoms with E-state index < -0.39 is 6.04 Å². The van der Waals surface area contributed by atoms with Gasteiger partial charge in [-0.1, -0.05) is 12.1 Å². The van der Waals surface area contributed by atoms with Gasteiger partial charge in [0.2, 0.25) is 0 Å². The summed E-state index contributed by atoms with van der Waals surface area (Å²) in [6, 6.07) is 12.6. The van der Waals surface area contributed by atoms with Crippen molar-refractivity contribution >= 4 is 0 Å². The Morgan fingerprint density at radius 2 is 1.75 bits per heavy atom. The molecule has 3 rings (SSSR count). The van der Waals surface area contributed by atoms with Gasteiger partial charge in [-0.2, -0.15) is 5.10 Å². The quantitative estimate of drug-likeness (QED) is 0.726. The second kappa shape index (κ2) is 7.10. The van der Waals surface area contributed by atoms with Crippen molar-refractivity contribution < 1.29 is 13.9 Å². The zero-order chi connectivity index (χ0) is 16.9. The van der Waals surface area contributed by atoms with Crippen LogP contribution in [0.15, 0.2) is 48.5 Å². The number of nitrogens with zero attached hydrogens (tertiary/aromatic N) is 2. The first-order valence-electron chi connectivity index (χ1n) is 7.35. The fourth-order valence-electron chi connectivity index (χ4n) is 2.16. The molecule has 3 N–H and O–H groups in total. The number of H-pyrrole nitrogens is 1. The highest BCUT2D eigenvalue weighted by Crippen LogP contribution is 2.19. The molecule has 6 nitrogen and oxygen atoms in total. The number of methoxy groups -OCH3 is 1. The summed E-state index contributed by atoms with van der Waals surface area (Å²) in [5.41, 5.74) is 6.83. The number of aromatic nitrogens is 3. The van der Waals surface area contributed by atoms with Crippen molar-refractivity contribution in [3.05, 3.63) is 71.6 Å². The highest BCUT2D eigenvalue weighted by atomic mass is 19.1. The van der Waals surface area contributed by atoms with Gasteiger partial charge in [0.1, 0.15) is 23.9 Å². The molecule has 0 aliphatic rings. The van der Waals surface area contributed by atoms with Crippen LogP contribution in [0.25, 0.3) is 0 Å². The molecule has 0 saturated carbocycles. The summed E-state index contributed by atoms with van der Waals surface area (Å²) in [4.78, 5) is 4.32. The number of halogens is 1. The highest BCUT2D eigenvalue weighted by molar-refractivity contribution is 5.31. The lowest BCUT2D eigenvalue weighted by Gasteiger charge is -2.07. The number of ether oxygens (including phenoxy) is 2. The number of nitrogens with one attached hydrogen (secondary N) is 1. The second-order valence-corrected chi connectivity index (χ2v) is 5.13. The van der Waals surface area contributed by atoms with Crippen molar-refractivity contribution in [2.24, 2.45) is 5.73 Å². The van der Waals surface area contributed by atoms with Crippen LogP contribution in [-0.2, 0) is 6.61 Å². The first kappa shape index (κ1) is 15.9. The van der Waals surface area contributed by atoms with Crippen LogP contribution in [0.2, 0.25) is 0 Å². The van der Waals surface area contributed by atoms with Crippen molar-refractivity contribution in [2.45, 2.75) is 12.6 Å². The molecule has 0 aliphatic carbocycles. The molecule has 7 heteroatoms. The van der Waals surface area contributed by atoms with Crippen LogP contribution in [0, 0.1) is 5.82 Å². The van der Waals surface area contributed by atoms with Crippen molar-refractivity contribution in [1.29, 1.82) is 0 Å². The topological polar surface area (TPSA) is 86.1 Å². The fraction of sp³-hybridized carbons (Fsp3) is 0.176. The Bertz CT molecular complexity index is 787. The van der Waals surface area contributed by atoms with E-state index in [9.17, 15) is 4.39 Å². The second-order valence-electron chi connectivity index (χ2n) is 5.13. The molecule has 0 amide bonds. The third-order valence-corrected chi connectivity index (χ3v) is 3.49. The van der Waals surface area contributed by atoms with E-state index in [0.29, 0.717) is 17.4 Å². The SMILES string of the molecule is COc1ccc(OCc2nc([C@H](N)c3ccc(F)cc3)n[nH]2)cc1. The van der Waals surface area contributed by atoms with Gasteiger partial charge >= 0.3 is 0 Å². The lowest BCUT2D eigenvalue weighted by atomic mass is 10.1. The molecular weight excluding hydrogens is 311 g/mol. The van der Waals surface area contributed by atoms with Gasteiger partial charge in [-0.25, -0.2) is 9.37 Å². The van der Waals surface area contributed by atoms with Crippen LogP contribution in [0.1, 0.15) is 23.3 Å². The summed E-state index contributed by atoms with van der Waals surface area (Å²) in [5.74, 6) is 2.12. The average molecular weight is 328 g/mol. The van der Waals surface area contributed by atoms with Gasteiger partial charge in [0.25, 0.3) is 0 Å². The van der Waals surface area contributed by atoms with E-state index in [4.69, 9.17) is 15.2 Å². The monoisotopic (exact) mass is 328 g/mol. The van der Waals surface area contributed by atoms with Gasteiger partial charge in [0.15, 0.2) is 11.6 Å². The van der Waals surface area contributed by atoms with E-state index in [0.717, 1.165) is 11.3 Å². The minimum atomic E-state index is -0.531. The first-order valence-corrected chi connectivity index (χ1v) is 7.35. The van der Waals surface area contributed by atoms with E-state index in [1.54, 1.807) is 31.4 Å². The minimum absolute atomic E-state index is 0.232. The van der Waals surface area contributed by atoms with E-state index in [-0.39, 0.29) is 12.4 Å². The van der Waals surface area contributed by atoms with Crippen LogP contribution in [-0.4, -0.2) is 22.3 Å². The normalized spacial score (nSPS) is 12.0. The Morgan fingerprint density at radius 3 is 2.42 bits per heavy atom. The molecule has 0 fully saturated rings. The van der Waals surface area contributed by atoms with E-state index in [1.165, 1.54) is 12.1 Å². The van der Waals surface area contributed by atoms with E-state index in [1.807, 2.05) is 12.1 Å². The standard InChI is InChI=1S/C17H17FN4O2/c1-23-13-6-8-14(9-7-13)24-10-15-20-17(22-21-15)16(19)11-2-4-12(18)5-3-11/h2-9,16H,10,19H2,1H3,(H,20,21,22)/t16-/m1/s1. The molecule has 3 aromatic rings. The maximum Gasteiger partial charge on any atom is 0.172 e. The predicted molar refractivity (Wildman–Crippen MR) is 86.1 cm³/mol. The Balaban J connectivity index is 1.63. The molecule has 124 valence electrons. The fourth-order valence-corrected chi connectivity index (χ4v) is 2.16. The Kier molecular flexibility index (Phi) is 4.72. The van der Waals surface area contributed by atoms with E-state index in [2.05, 4.69) is 15.2 Å². The van der Waals surface area contributed by atoms with Crippen molar-refractivity contribution in [3.63, 3.8) is 0 Å². The summed E-state index contributed by atoms with van der Waals surface area (Å²) in [7, 11) is 1.61. The molecule has 1 atom stereocenters. The van der Waals surface area contributed by atoms with Crippen LogP contribution >= 0.6 is 0 Å². The van der Waals surface area contributed by atoms with Gasteiger partial charge < -0.3 is 15.2 Å². The van der Waals surface area contributed by atoms with Gasteiger partial charge in [0.05, 0.1) is 13.2 Å². The number of rotatable bonds is 6. The summed E-state index contributed by atoms with van der Waals surface area (Å²) in [6.07, 6.45) is 0. The van der Waals surface area contributed by atoms with Gasteiger partial charge in [-0.05, 0) is 42.0 Å². The van der Waals surface area contributed by atoms with Crippen LogP contribution in [0.5, 0.6) is 11.5 Å². The number of benzene rings is 2. The molecule has 0 unspecified atom stereocenters. The largest absolute Gasteiger partial charge is 0.497 e. The number of hydrogen-bond acceptors (Lipinski definition) is 5. The average Bonchev–Trinajstić information content (AvgIpc) is 3.09.